The minimum Gasteiger partial charge on any atom is -0.493 e. The first kappa shape index (κ1) is 21.7. The number of ether oxygens (including phenoxy) is 3. The Hall–Kier alpha value is -1.99. The number of nitrogens with zero attached hydrogens (tertiary/aromatic N) is 2. The zero-order valence-electron chi connectivity index (χ0n) is 17.0. The van der Waals surface area contributed by atoms with Gasteiger partial charge in [-0.2, -0.15) is 0 Å². The van der Waals surface area contributed by atoms with Crippen LogP contribution in [0.4, 0.5) is 5.69 Å². The number of β-amino-alcohol motifs (C(OH)–C–C–N with tert-alkyl or cyclic N) is 1. The van der Waals surface area contributed by atoms with E-state index in [4.69, 9.17) is 25.8 Å². The van der Waals surface area contributed by atoms with Crippen molar-refractivity contribution in [3.8, 4) is 11.5 Å². The van der Waals surface area contributed by atoms with Gasteiger partial charge in [0.05, 0.1) is 33.5 Å². The fourth-order valence-corrected chi connectivity index (χ4v) is 3.68. The van der Waals surface area contributed by atoms with E-state index in [1.54, 1.807) is 14.2 Å². The molecule has 1 saturated heterocycles. The van der Waals surface area contributed by atoms with Gasteiger partial charge in [-0.25, -0.2) is 0 Å². The minimum atomic E-state index is -0.520. The molecule has 1 fully saturated rings. The first-order chi connectivity index (χ1) is 14.1. The summed E-state index contributed by atoms with van der Waals surface area (Å²) in [4.78, 5) is 4.59. The molecular formula is C22H29ClN2O4. The van der Waals surface area contributed by atoms with Crippen molar-refractivity contribution in [1.29, 1.82) is 0 Å². The molecule has 2 aromatic carbocycles. The lowest BCUT2D eigenvalue weighted by molar-refractivity contribution is 0.00909. The first-order valence-corrected chi connectivity index (χ1v) is 10.2. The monoisotopic (exact) mass is 420 g/mol. The fraction of sp³-hybridized carbons (Fsp3) is 0.455. The topological polar surface area (TPSA) is 54.4 Å². The van der Waals surface area contributed by atoms with E-state index < -0.39 is 6.10 Å². The number of hydrogen-bond acceptors (Lipinski definition) is 6. The molecule has 0 radical (unpaired) electrons. The highest BCUT2D eigenvalue weighted by molar-refractivity contribution is 6.30. The zero-order valence-corrected chi connectivity index (χ0v) is 17.8. The molecule has 158 valence electrons. The molecule has 2 aromatic rings. The fourth-order valence-electron chi connectivity index (χ4n) is 3.50. The molecule has 0 saturated carbocycles. The lowest BCUT2D eigenvalue weighted by atomic mass is 10.2. The van der Waals surface area contributed by atoms with Crippen molar-refractivity contribution in [3.05, 3.63) is 53.1 Å². The predicted molar refractivity (Wildman–Crippen MR) is 115 cm³/mol. The Morgan fingerprint density at radius 1 is 1.00 bits per heavy atom. The first-order valence-electron chi connectivity index (χ1n) is 9.78. The SMILES string of the molecule is COc1ccc(COCC(O)CN2CCN(c3cccc(Cl)c3)CC2)cc1OC. The quantitative estimate of drug-likeness (QED) is 0.673. The highest BCUT2D eigenvalue weighted by atomic mass is 35.5. The normalized spacial score (nSPS) is 15.9. The van der Waals surface area contributed by atoms with Gasteiger partial charge in [0.1, 0.15) is 0 Å². The Bertz CT molecular complexity index is 781. The van der Waals surface area contributed by atoms with Gasteiger partial charge in [0.15, 0.2) is 11.5 Å². The Balaban J connectivity index is 1.39. The van der Waals surface area contributed by atoms with Gasteiger partial charge < -0.3 is 24.2 Å². The molecule has 1 N–H and O–H groups in total. The summed E-state index contributed by atoms with van der Waals surface area (Å²) in [5, 5.41) is 11.1. The number of anilines is 1. The van der Waals surface area contributed by atoms with E-state index in [0.29, 0.717) is 31.3 Å². The van der Waals surface area contributed by atoms with Crippen molar-refractivity contribution in [2.75, 3.05) is 58.5 Å². The summed E-state index contributed by atoms with van der Waals surface area (Å²) in [7, 11) is 3.22. The van der Waals surface area contributed by atoms with Crippen LogP contribution in [0.2, 0.25) is 5.02 Å². The van der Waals surface area contributed by atoms with Crippen molar-refractivity contribution in [1.82, 2.24) is 4.90 Å². The zero-order chi connectivity index (χ0) is 20.6. The third-order valence-corrected chi connectivity index (χ3v) is 5.28. The van der Waals surface area contributed by atoms with E-state index in [2.05, 4.69) is 15.9 Å². The molecule has 7 heteroatoms. The van der Waals surface area contributed by atoms with E-state index in [1.807, 2.05) is 36.4 Å². The number of methoxy groups -OCH3 is 2. The molecule has 1 unspecified atom stereocenters. The Morgan fingerprint density at radius 2 is 1.76 bits per heavy atom. The standard InChI is InChI=1S/C22H29ClN2O4/c1-27-21-7-6-17(12-22(21)28-2)15-29-16-20(26)14-24-8-10-25(11-9-24)19-5-3-4-18(23)13-19/h3-7,12-13,20,26H,8-11,14-16H2,1-2H3. The van der Waals surface area contributed by atoms with Gasteiger partial charge in [0.25, 0.3) is 0 Å². The van der Waals surface area contributed by atoms with E-state index in [1.165, 1.54) is 0 Å². The van der Waals surface area contributed by atoms with Crippen LogP contribution >= 0.6 is 11.6 Å². The number of rotatable bonds is 9. The molecule has 0 bridgehead atoms. The summed E-state index contributed by atoms with van der Waals surface area (Å²) in [5.41, 5.74) is 2.13. The maximum absolute atomic E-state index is 10.3. The summed E-state index contributed by atoms with van der Waals surface area (Å²) < 4.78 is 16.2. The molecule has 1 atom stereocenters. The van der Waals surface area contributed by atoms with Crippen LogP contribution in [0.5, 0.6) is 11.5 Å². The maximum atomic E-state index is 10.3. The highest BCUT2D eigenvalue weighted by Crippen LogP contribution is 2.27. The average Bonchev–Trinajstić information content (AvgIpc) is 2.74. The predicted octanol–water partition coefficient (Wildman–Crippen LogP) is 3.06. The number of piperazine rings is 1. The van der Waals surface area contributed by atoms with Crippen molar-refractivity contribution >= 4 is 17.3 Å². The second-order valence-electron chi connectivity index (χ2n) is 7.13. The third-order valence-electron chi connectivity index (χ3n) is 5.04. The van der Waals surface area contributed by atoms with Crippen LogP contribution in [-0.4, -0.2) is 69.7 Å². The lowest BCUT2D eigenvalue weighted by Gasteiger charge is -2.36. The maximum Gasteiger partial charge on any atom is 0.161 e. The molecule has 1 heterocycles. The van der Waals surface area contributed by atoms with Gasteiger partial charge >= 0.3 is 0 Å². The van der Waals surface area contributed by atoms with Gasteiger partial charge in [0, 0.05) is 43.4 Å². The number of aliphatic hydroxyl groups excluding tert-OH is 1. The molecular weight excluding hydrogens is 392 g/mol. The van der Waals surface area contributed by atoms with Crippen LogP contribution in [0.1, 0.15) is 5.56 Å². The number of halogens is 1. The van der Waals surface area contributed by atoms with E-state index in [9.17, 15) is 5.11 Å². The second-order valence-corrected chi connectivity index (χ2v) is 7.56. The van der Waals surface area contributed by atoms with Crippen LogP contribution in [0.15, 0.2) is 42.5 Å². The molecule has 0 spiro atoms. The summed E-state index contributed by atoms with van der Waals surface area (Å²) in [5.74, 6) is 1.36. The van der Waals surface area contributed by atoms with Crippen molar-refractivity contribution < 1.29 is 19.3 Å². The lowest BCUT2D eigenvalue weighted by Crippen LogP contribution is -2.49. The largest absolute Gasteiger partial charge is 0.493 e. The van der Waals surface area contributed by atoms with E-state index in [-0.39, 0.29) is 0 Å². The minimum absolute atomic E-state index is 0.294. The van der Waals surface area contributed by atoms with Crippen LogP contribution in [0.25, 0.3) is 0 Å². The molecule has 3 rings (SSSR count). The summed E-state index contributed by atoms with van der Waals surface area (Å²) in [6.07, 6.45) is -0.520. The van der Waals surface area contributed by atoms with E-state index in [0.717, 1.165) is 42.5 Å². The molecule has 0 amide bonds. The van der Waals surface area contributed by atoms with Crippen LogP contribution < -0.4 is 14.4 Å². The third kappa shape index (κ3) is 6.24. The van der Waals surface area contributed by atoms with Crippen molar-refractivity contribution in [2.45, 2.75) is 12.7 Å². The van der Waals surface area contributed by atoms with E-state index >= 15 is 0 Å². The Kier molecular flexibility index (Phi) is 8.00. The van der Waals surface area contributed by atoms with Crippen LogP contribution in [0, 0.1) is 0 Å². The molecule has 6 nitrogen and oxygen atoms in total. The van der Waals surface area contributed by atoms with Gasteiger partial charge in [0.2, 0.25) is 0 Å². The smallest absolute Gasteiger partial charge is 0.161 e. The van der Waals surface area contributed by atoms with Gasteiger partial charge in [-0.3, -0.25) is 4.90 Å². The van der Waals surface area contributed by atoms with Gasteiger partial charge in [-0.05, 0) is 35.9 Å². The number of hydrogen-bond donors (Lipinski definition) is 1. The molecule has 1 aliphatic heterocycles. The molecule has 1 aliphatic rings. The second kappa shape index (κ2) is 10.7. The van der Waals surface area contributed by atoms with Crippen molar-refractivity contribution in [2.24, 2.45) is 0 Å². The number of aliphatic hydroxyl groups is 1. The van der Waals surface area contributed by atoms with Gasteiger partial charge in [-0.1, -0.05) is 23.7 Å². The highest BCUT2D eigenvalue weighted by Gasteiger charge is 2.19. The molecule has 0 aromatic heterocycles. The summed E-state index contributed by atoms with van der Waals surface area (Å²) >= 11 is 6.09. The summed E-state index contributed by atoms with van der Waals surface area (Å²) in [6, 6.07) is 13.6. The molecule has 0 aliphatic carbocycles. The molecule has 29 heavy (non-hydrogen) atoms. The summed E-state index contributed by atoms with van der Waals surface area (Å²) in [6.45, 7) is 4.95. The van der Waals surface area contributed by atoms with Gasteiger partial charge in [-0.15, -0.1) is 0 Å². The van der Waals surface area contributed by atoms with Crippen LogP contribution in [-0.2, 0) is 11.3 Å². The Labute approximate surface area is 177 Å². The van der Waals surface area contributed by atoms with Crippen molar-refractivity contribution in [3.63, 3.8) is 0 Å². The van der Waals surface area contributed by atoms with Crippen LogP contribution in [0.3, 0.4) is 0 Å². The average molecular weight is 421 g/mol. The Morgan fingerprint density at radius 3 is 2.45 bits per heavy atom. The number of benzene rings is 2.